The van der Waals surface area contributed by atoms with Crippen LogP contribution < -0.4 is 5.73 Å². The zero-order valence-electron chi connectivity index (χ0n) is 14.2. The van der Waals surface area contributed by atoms with Gasteiger partial charge in [0.05, 0.1) is 13.2 Å². The summed E-state index contributed by atoms with van der Waals surface area (Å²) < 4.78 is 17.5. The second-order valence-corrected chi connectivity index (χ2v) is 6.65. The van der Waals surface area contributed by atoms with Crippen LogP contribution in [0.25, 0.3) is 0 Å². The van der Waals surface area contributed by atoms with Gasteiger partial charge >= 0.3 is 0 Å². The second-order valence-electron chi connectivity index (χ2n) is 6.65. The Morgan fingerprint density at radius 2 is 1.96 bits per heavy atom. The molecule has 137 valence electrons. The van der Waals surface area contributed by atoms with Crippen molar-refractivity contribution in [1.82, 2.24) is 0 Å². The maximum atomic E-state index is 11.5. The van der Waals surface area contributed by atoms with Gasteiger partial charge in [-0.25, -0.2) is 0 Å². The highest BCUT2D eigenvalue weighted by Crippen LogP contribution is 2.42. The van der Waals surface area contributed by atoms with E-state index in [1.54, 1.807) is 18.2 Å². The normalized spacial score (nSPS) is 34.3. The summed E-state index contributed by atoms with van der Waals surface area (Å²) in [7, 11) is 0. The fourth-order valence-electron chi connectivity index (χ4n) is 3.61. The maximum Gasteiger partial charge on any atom is 0.184 e. The van der Waals surface area contributed by atoms with Gasteiger partial charge in [0.25, 0.3) is 0 Å². The first-order valence-electron chi connectivity index (χ1n) is 8.68. The molecule has 4 N–H and O–H groups in total. The maximum absolute atomic E-state index is 11.5. The van der Waals surface area contributed by atoms with Crippen LogP contribution in [0.4, 0.5) is 0 Å². The Bertz CT molecular complexity index is 755. The molecule has 2 aromatic carbocycles. The van der Waals surface area contributed by atoms with Crippen LogP contribution in [0.3, 0.4) is 0 Å². The number of fused-ring (bicyclic) bond motifs is 1. The Labute approximate surface area is 152 Å². The van der Waals surface area contributed by atoms with Crippen molar-refractivity contribution >= 4 is 0 Å². The third-order valence-electron chi connectivity index (χ3n) is 5.05. The largest absolute Gasteiger partial charge is 0.387 e. The Morgan fingerprint density at radius 1 is 1.15 bits per heavy atom. The number of hydrogen-bond acceptors (Lipinski definition) is 6. The van der Waals surface area contributed by atoms with Crippen LogP contribution >= 0.6 is 0 Å². The number of benzene rings is 2. The smallest absolute Gasteiger partial charge is 0.184 e. The van der Waals surface area contributed by atoms with Crippen LogP contribution in [0.5, 0.6) is 0 Å². The molecule has 0 aliphatic carbocycles. The average molecular weight is 356 g/mol. The summed E-state index contributed by atoms with van der Waals surface area (Å²) in [5.41, 5.74) is 6.21. The monoisotopic (exact) mass is 356 g/mol. The van der Waals surface area contributed by atoms with Gasteiger partial charge in [0.1, 0.15) is 23.9 Å². The van der Waals surface area contributed by atoms with E-state index < -0.39 is 30.2 Å². The molecule has 4 rings (SSSR count). The zero-order valence-corrected chi connectivity index (χ0v) is 14.2. The molecule has 2 aliphatic rings. The fraction of sp³-hybridized carbons (Fsp3) is 0.400. The van der Waals surface area contributed by atoms with Crippen molar-refractivity contribution in [3.63, 3.8) is 0 Å². The highest BCUT2D eigenvalue weighted by atomic mass is 16.7. The summed E-state index contributed by atoms with van der Waals surface area (Å²) in [6.45, 7) is 0.556. The van der Waals surface area contributed by atoms with Crippen molar-refractivity contribution in [2.45, 2.75) is 36.7 Å². The first kappa shape index (κ1) is 17.6. The summed E-state index contributed by atoms with van der Waals surface area (Å²) in [4.78, 5) is 0. The van der Waals surface area contributed by atoms with Crippen LogP contribution in [0.15, 0.2) is 48.5 Å². The highest BCUT2D eigenvalue weighted by molar-refractivity contribution is 5.31. The van der Waals surface area contributed by atoms with Gasteiger partial charge in [0.2, 0.25) is 0 Å². The summed E-state index contributed by atoms with van der Waals surface area (Å²) in [5.74, 6) is 0. The fourth-order valence-corrected chi connectivity index (χ4v) is 3.61. The van der Waals surface area contributed by atoms with Crippen molar-refractivity contribution in [2.24, 2.45) is 5.73 Å². The molecule has 6 nitrogen and oxygen atoms in total. The minimum atomic E-state index is -1.63. The molecule has 0 amide bonds. The molecule has 0 spiro atoms. The third-order valence-corrected chi connectivity index (χ3v) is 5.05. The lowest BCUT2D eigenvalue weighted by Gasteiger charge is -2.50. The van der Waals surface area contributed by atoms with E-state index in [1.807, 2.05) is 30.3 Å². The molecule has 2 heterocycles. The number of hydrogen-bond donors (Lipinski definition) is 3. The quantitative estimate of drug-likeness (QED) is 0.760. The van der Waals surface area contributed by atoms with Crippen LogP contribution in [0.2, 0.25) is 0 Å². The van der Waals surface area contributed by atoms with Gasteiger partial charge in [-0.1, -0.05) is 48.5 Å². The predicted molar refractivity (Wildman–Crippen MR) is 92.8 cm³/mol. The molecular weight excluding hydrogens is 334 g/mol. The lowest BCUT2D eigenvalue weighted by Crippen LogP contribution is -2.64. The topological polar surface area (TPSA) is 94.2 Å². The van der Waals surface area contributed by atoms with Gasteiger partial charge in [-0.3, -0.25) is 0 Å². The van der Waals surface area contributed by atoms with E-state index in [0.29, 0.717) is 12.1 Å². The molecule has 5 atom stereocenters. The molecule has 6 heteroatoms. The van der Waals surface area contributed by atoms with Crippen molar-refractivity contribution in [3.05, 3.63) is 71.3 Å². The van der Waals surface area contributed by atoms with E-state index in [0.717, 1.165) is 11.1 Å². The van der Waals surface area contributed by atoms with E-state index in [2.05, 4.69) is 6.07 Å². The molecular formula is C20H22NO5. The summed E-state index contributed by atoms with van der Waals surface area (Å²) in [6.07, 6.45) is -3.03. The van der Waals surface area contributed by atoms with E-state index in [1.165, 1.54) is 0 Å². The third kappa shape index (κ3) is 2.95. The summed E-state index contributed by atoms with van der Waals surface area (Å²) in [5, 5.41) is 22.1. The average Bonchev–Trinajstić information content (AvgIpc) is 2.71. The molecule has 0 bridgehead atoms. The van der Waals surface area contributed by atoms with Gasteiger partial charge in [0.15, 0.2) is 6.29 Å². The highest BCUT2D eigenvalue weighted by Gasteiger charge is 2.56. The molecule has 2 fully saturated rings. The first-order chi connectivity index (χ1) is 12.6. The Balaban J connectivity index is 1.70. The number of rotatable bonds is 3. The molecule has 0 saturated carbocycles. The van der Waals surface area contributed by atoms with Crippen molar-refractivity contribution < 1.29 is 24.4 Å². The lowest BCUT2D eigenvalue weighted by molar-refractivity contribution is -0.345. The summed E-state index contributed by atoms with van der Waals surface area (Å²) in [6, 6.07) is 17.7. The van der Waals surface area contributed by atoms with Crippen LogP contribution in [0.1, 0.15) is 23.0 Å². The van der Waals surface area contributed by atoms with Crippen LogP contribution in [-0.2, 0) is 26.4 Å². The predicted octanol–water partition coefficient (Wildman–Crippen LogP) is 1.01. The van der Waals surface area contributed by atoms with Gasteiger partial charge in [-0.05, 0) is 17.2 Å². The van der Waals surface area contributed by atoms with E-state index in [-0.39, 0.29) is 13.2 Å². The number of nitrogens with two attached hydrogens (primary N) is 1. The number of ether oxygens (including phenoxy) is 3. The van der Waals surface area contributed by atoms with Crippen LogP contribution in [0, 0.1) is 6.07 Å². The zero-order chi connectivity index (χ0) is 18.1. The van der Waals surface area contributed by atoms with E-state index >= 15 is 0 Å². The van der Waals surface area contributed by atoms with Gasteiger partial charge < -0.3 is 30.2 Å². The molecule has 2 saturated heterocycles. The van der Waals surface area contributed by atoms with Crippen LogP contribution in [-0.4, -0.2) is 41.7 Å². The van der Waals surface area contributed by atoms with Gasteiger partial charge in [-0.2, -0.15) is 0 Å². The Morgan fingerprint density at radius 3 is 2.73 bits per heavy atom. The Hall–Kier alpha value is -1.80. The van der Waals surface area contributed by atoms with E-state index in [4.69, 9.17) is 19.9 Å². The SMILES string of the molecule is NCc1[c]ccc([C@]2(O)[C@@H]3OC(c4ccccc4)OC[C@H]3OC[C@@H]2O)c1. The molecule has 0 aromatic heterocycles. The molecule has 26 heavy (non-hydrogen) atoms. The number of aliphatic hydroxyl groups is 2. The number of aliphatic hydroxyl groups excluding tert-OH is 1. The van der Waals surface area contributed by atoms with Gasteiger partial charge in [0, 0.05) is 12.1 Å². The van der Waals surface area contributed by atoms with Gasteiger partial charge in [-0.15, -0.1) is 0 Å². The molecule has 2 aliphatic heterocycles. The molecule has 2 aromatic rings. The minimum absolute atomic E-state index is 0.00302. The minimum Gasteiger partial charge on any atom is -0.387 e. The first-order valence-corrected chi connectivity index (χ1v) is 8.68. The standard InChI is InChI=1S/C20H22NO5/c21-10-13-5-4-8-15(9-13)20(23)17(22)12-24-16-11-25-19(26-18(16)20)14-6-2-1-3-7-14/h1-4,6-9,16-19,22-23H,10-12,21H2/t16-,17+,18-,19?,20-/m1/s1. The Kier molecular flexibility index (Phi) is 4.79. The van der Waals surface area contributed by atoms with Crippen molar-refractivity contribution in [2.75, 3.05) is 13.2 Å². The lowest BCUT2D eigenvalue weighted by atomic mass is 9.78. The van der Waals surface area contributed by atoms with Crippen molar-refractivity contribution in [3.8, 4) is 0 Å². The second kappa shape index (κ2) is 7.08. The van der Waals surface area contributed by atoms with Crippen molar-refractivity contribution in [1.29, 1.82) is 0 Å². The summed E-state index contributed by atoms with van der Waals surface area (Å²) >= 11 is 0. The van der Waals surface area contributed by atoms with E-state index in [9.17, 15) is 10.2 Å². The molecule has 1 unspecified atom stereocenters. The molecule has 1 radical (unpaired) electrons.